The minimum absolute atomic E-state index is 0.545. The van der Waals surface area contributed by atoms with Crippen LogP contribution in [0.25, 0.3) is 22.7 Å². The van der Waals surface area contributed by atoms with Crippen molar-refractivity contribution in [1.82, 2.24) is 9.97 Å². The van der Waals surface area contributed by atoms with Gasteiger partial charge in [-0.2, -0.15) is 5.26 Å². The second-order valence-electron chi connectivity index (χ2n) is 5.08. The maximum Gasteiger partial charge on any atom is 0.149 e. The molecule has 0 fully saturated rings. The number of allylic oxidation sites excluding steroid dienone is 1. The van der Waals surface area contributed by atoms with Crippen LogP contribution >= 0.6 is 0 Å². The van der Waals surface area contributed by atoms with Gasteiger partial charge in [-0.15, -0.1) is 0 Å². The van der Waals surface area contributed by atoms with Crippen molar-refractivity contribution in [2.24, 2.45) is 0 Å². The first-order valence-corrected chi connectivity index (χ1v) is 6.82. The SMILES string of the molecule is Cc1cccc(C)c1/C=C(\C#N)c1nc2ccccc2[nH]1. The summed E-state index contributed by atoms with van der Waals surface area (Å²) < 4.78 is 0. The molecule has 1 heterocycles. The van der Waals surface area contributed by atoms with Gasteiger partial charge in [-0.05, 0) is 48.7 Å². The highest BCUT2D eigenvalue weighted by molar-refractivity contribution is 5.91. The lowest BCUT2D eigenvalue weighted by molar-refractivity contribution is 1.27. The van der Waals surface area contributed by atoms with Crippen LogP contribution in [-0.2, 0) is 0 Å². The number of benzene rings is 2. The molecule has 0 amide bonds. The number of para-hydroxylation sites is 2. The Balaban J connectivity index is 2.14. The zero-order valence-corrected chi connectivity index (χ0v) is 12.0. The van der Waals surface area contributed by atoms with Crippen LogP contribution in [0.3, 0.4) is 0 Å². The molecule has 0 aliphatic heterocycles. The highest BCUT2D eigenvalue weighted by Gasteiger charge is 2.09. The fourth-order valence-electron chi connectivity index (χ4n) is 2.43. The van der Waals surface area contributed by atoms with Gasteiger partial charge in [0.25, 0.3) is 0 Å². The van der Waals surface area contributed by atoms with E-state index in [9.17, 15) is 5.26 Å². The Morgan fingerprint density at radius 2 is 1.81 bits per heavy atom. The number of fused-ring (bicyclic) bond motifs is 1. The van der Waals surface area contributed by atoms with Crippen LogP contribution in [0, 0.1) is 25.2 Å². The van der Waals surface area contributed by atoms with Gasteiger partial charge in [0.05, 0.1) is 16.6 Å². The van der Waals surface area contributed by atoms with E-state index in [1.807, 2.05) is 62.4 Å². The maximum absolute atomic E-state index is 9.47. The van der Waals surface area contributed by atoms with Gasteiger partial charge in [0, 0.05) is 0 Å². The first-order valence-electron chi connectivity index (χ1n) is 6.82. The average Bonchev–Trinajstić information content (AvgIpc) is 2.90. The molecule has 3 heteroatoms. The van der Waals surface area contributed by atoms with Gasteiger partial charge in [-0.3, -0.25) is 0 Å². The standard InChI is InChI=1S/C18H15N3/c1-12-6-5-7-13(2)15(12)10-14(11-19)18-20-16-8-3-4-9-17(16)21-18/h3-10H,1-2H3,(H,20,21)/b14-10+. The Morgan fingerprint density at radius 3 is 2.48 bits per heavy atom. The summed E-state index contributed by atoms with van der Waals surface area (Å²) in [7, 11) is 0. The zero-order chi connectivity index (χ0) is 14.8. The fraction of sp³-hybridized carbons (Fsp3) is 0.111. The Bertz CT molecular complexity index is 826. The molecule has 0 aliphatic rings. The summed E-state index contributed by atoms with van der Waals surface area (Å²) in [5, 5.41) is 9.47. The number of nitrogens with zero attached hydrogens (tertiary/aromatic N) is 2. The van der Waals surface area contributed by atoms with E-state index in [2.05, 4.69) is 16.0 Å². The number of nitrogens with one attached hydrogen (secondary N) is 1. The van der Waals surface area contributed by atoms with Crippen molar-refractivity contribution in [3.8, 4) is 6.07 Å². The van der Waals surface area contributed by atoms with Gasteiger partial charge >= 0.3 is 0 Å². The monoisotopic (exact) mass is 273 g/mol. The smallest absolute Gasteiger partial charge is 0.149 e. The molecule has 3 rings (SSSR count). The second-order valence-corrected chi connectivity index (χ2v) is 5.08. The van der Waals surface area contributed by atoms with Crippen LogP contribution in [0.5, 0.6) is 0 Å². The molecule has 21 heavy (non-hydrogen) atoms. The third-order valence-corrected chi connectivity index (χ3v) is 3.60. The molecule has 102 valence electrons. The lowest BCUT2D eigenvalue weighted by Crippen LogP contribution is -1.89. The first kappa shape index (κ1) is 13.1. The summed E-state index contributed by atoms with van der Waals surface area (Å²) in [6, 6.07) is 16.1. The average molecular weight is 273 g/mol. The largest absolute Gasteiger partial charge is 0.337 e. The normalized spacial score (nSPS) is 11.6. The number of hydrogen-bond donors (Lipinski definition) is 1. The van der Waals surface area contributed by atoms with Crippen LogP contribution in [0.2, 0.25) is 0 Å². The number of rotatable bonds is 2. The topological polar surface area (TPSA) is 52.5 Å². The van der Waals surface area contributed by atoms with Crippen LogP contribution in [0.15, 0.2) is 42.5 Å². The summed E-state index contributed by atoms with van der Waals surface area (Å²) in [5.74, 6) is 0.612. The summed E-state index contributed by atoms with van der Waals surface area (Å²) in [6.07, 6.45) is 1.91. The summed E-state index contributed by atoms with van der Waals surface area (Å²) >= 11 is 0. The second kappa shape index (κ2) is 5.26. The predicted molar refractivity (Wildman–Crippen MR) is 85.5 cm³/mol. The molecular weight excluding hydrogens is 258 g/mol. The molecule has 3 aromatic rings. The number of nitriles is 1. The third-order valence-electron chi connectivity index (χ3n) is 3.60. The van der Waals surface area contributed by atoms with Gasteiger partial charge in [0.2, 0.25) is 0 Å². The molecule has 0 radical (unpaired) electrons. The highest BCUT2D eigenvalue weighted by atomic mass is 14.9. The van der Waals surface area contributed by atoms with Crippen LogP contribution in [-0.4, -0.2) is 9.97 Å². The Morgan fingerprint density at radius 1 is 1.10 bits per heavy atom. The molecule has 0 unspecified atom stereocenters. The van der Waals surface area contributed by atoms with Crippen molar-refractivity contribution in [1.29, 1.82) is 5.26 Å². The van der Waals surface area contributed by atoms with Crippen molar-refractivity contribution in [2.45, 2.75) is 13.8 Å². The Labute approximate surface area is 123 Å². The maximum atomic E-state index is 9.47. The zero-order valence-electron chi connectivity index (χ0n) is 12.0. The van der Waals surface area contributed by atoms with E-state index in [1.54, 1.807) is 0 Å². The van der Waals surface area contributed by atoms with Gasteiger partial charge < -0.3 is 4.98 Å². The molecule has 1 aromatic heterocycles. The fourth-order valence-corrected chi connectivity index (χ4v) is 2.43. The summed E-state index contributed by atoms with van der Waals surface area (Å²) in [6.45, 7) is 4.10. The molecule has 0 spiro atoms. The molecule has 2 aromatic carbocycles. The van der Waals surface area contributed by atoms with Crippen molar-refractivity contribution in [2.75, 3.05) is 0 Å². The molecule has 1 N–H and O–H groups in total. The van der Waals surface area contributed by atoms with Gasteiger partial charge in [0.1, 0.15) is 11.9 Å². The van der Waals surface area contributed by atoms with E-state index >= 15 is 0 Å². The molecule has 0 aliphatic carbocycles. The van der Waals surface area contributed by atoms with Crippen LogP contribution in [0.1, 0.15) is 22.5 Å². The molecule has 3 nitrogen and oxygen atoms in total. The van der Waals surface area contributed by atoms with E-state index in [0.717, 1.165) is 27.7 Å². The van der Waals surface area contributed by atoms with Crippen molar-refractivity contribution in [3.05, 3.63) is 65.0 Å². The van der Waals surface area contributed by atoms with E-state index in [0.29, 0.717) is 11.4 Å². The minimum atomic E-state index is 0.545. The van der Waals surface area contributed by atoms with Gasteiger partial charge in [-0.25, -0.2) is 4.98 Å². The van der Waals surface area contributed by atoms with Gasteiger partial charge in [-0.1, -0.05) is 30.3 Å². The van der Waals surface area contributed by atoms with Gasteiger partial charge in [0.15, 0.2) is 0 Å². The molecule has 0 saturated heterocycles. The highest BCUT2D eigenvalue weighted by Crippen LogP contribution is 2.22. The number of hydrogen-bond acceptors (Lipinski definition) is 2. The first-order chi connectivity index (χ1) is 10.2. The van der Waals surface area contributed by atoms with Crippen molar-refractivity contribution >= 4 is 22.7 Å². The third kappa shape index (κ3) is 2.44. The van der Waals surface area contributed by atoms with Crippen molar-refractivity contribution < 1.29 is 0 Å². The van der Waals surface area contributed by atoms with Crippen molar-refractivity contribution in [3.63, 3.8) is 0 Å². The van der Waals surface area contributed by atoms with E-state index in [1.165, 1.54) is 0 Å². The number of imidazole rings is 1. The lowest BCUT2D eigenvalue weighted by Gasteiger charge is -2.05. The number of aromatic nitrogens is 2. The van der Waals surface area contributed by atoms with Crippen LogP contribution in [0.4, 0.5) is 0 Å². The van der Waals surface area contributed by atoms with Crippen LogP contribution < -0.4 is 0 Å². The summed E-state index contributed by atoms with van der Waals surface area (Å²) in [4.78, 5) is 7.70. The number of aryl methyl sites for hydroxylation is 2. The number of H-pyrrole nitrogens is 1. The summed E-state index contributed by atoms with van der Waals surface area (Å²) in [5.41, 5.74) is 5.74. The van der Waals surface area contributed by atoms with E-state index in [-0.39, 0.29) is 0 Å². The Kier molecular flexibility index (Phi) is 3.29. The Hall–Kier alpha value is -2.86. The molecular formula is C18H15N3. The number of aromatic amines is 1. The minimum Gasteiger partial charge on any atom is -0.337 e. The molecule has 0 bridgehead atoms. The molecule has 0 saturated carbocycles. The van der Waals surface area contributed by atoms with E-state index < -0.39 is 0 Å². The lowest BCUT2D eigenvalue weighted by atomic mass is 10.0. The predicted octanol–water partition coefficient (Wildman–Crippen LogP) is 4.24. The quantitative estimate of drug-likeness (QED) is 0.710. The molecule has 0 atom stereocenters. The van der Waals surface area contributed by atoms with E-state index in [4.69, 9.17) is 0 Å².